The molecule has 6 heterocycles. The van der Waals surface area contributed by atoms with E-state index in [0.717, 1.165) is 52.7 Å². The van der Waals surface area contributed by atoms with Gasteiger partial charge in [0.15, 0.2) is 26.9 Å². The van der Waals surface area contributed by atoms with E-state index < -0.39 is 72.4 Å². The van der Waals surface area contributed by atoms with Gasteiger partial charge in [-0.2, -0.15) is 0 Å². The van der Waals surface area contributed by atoms with Crippen molar-refractivity contribution in [3.8, 4) is 43.8 Å². The molecule has 3 aliphatic rings. The average molecular weight is 1390 g/mol. The molecule has 0 aliphatic carbocycles. The largest absolute Gasteiger partial charge is 0.586 e. The van der Waals surface area contributed by atoms with Crippen molar-refractivity contribution in [2.24, 2.45) is 0 Å². The van der Waals surface area contributed by atoms with Gasteiger partial charge in [0, 0.05) is 17.3 Å². The number of aliphatic hydroxyl groups excluding tert-OH is 1. The van der Waals surface area contributed by atoms with E-state index in [9.17, 15) is 43.9 Å². The van der Waals surface area contributed by atoms with E-state index in [0.29, 0.717) is 26.7 Å². The predicted octanol–water partition coefficient (Wildman–Crippen LogP) is 15.8. The highest BCUT2D eigenvalue weighted by molar-refractivity contribution is 9.12. The van der Waals surface area contributed by atoms with Gasteiger partial charge in [-0.1, -0.05) is 40.9 Å². The van der Waals surface area contributed by atoms with E-state index in [1.807, 2.05) is 27.7 Å². The summed E-state index contributed by atoms with van der Waals surface area (Å²) in [6.07, 6.45) is -2.50. The molecule has 3 aromatic heterocycles. The van der Waals surface area contributed by atoms with E-state index >= 15 is 0 Å². The lowest BCUT2D eigenvalue weighted by molar-refractivity contribution is -0.287. The Hall–Kier alpha value is -5.53. The molecule has 1 N–H and O–H groups in total. The summed E-state index contributed by atoms with van der Waals surface area (Å²) in [5.41, 5.74) is 1.13. The first-order valence-corrected chi connectivity index (χ1v) is 28.0. The average Bonchev–Trinajstić information content (AvgIpc) is 4.34. The highest BCUT2D eigenvalue weighted by Crippen LogP contribution is 2.46. The zero-order chi connectivity index (χ0) is 59.2. The monoisotopic (exact) mass is 1380 g/mol. The molecule has 81 heavy (non-hydrogen) atoms. The summed E-state index contributed by atoms with van der Waals surface area (Å²) in [6, 6.07) is 16.6. The normalized spacial score (nSPS) is 15.2. The molecular weight excluding hydrogens is 1350 g/mol. The van der Waals surface area contributed by atoms with Crippen LogP contribution in [0.3, 0.4) is 0 Å². The Balaban J connectivity index is 0.000000156. The van der Waals surface area contributed by atoms with Gasteiger partial charge in [-0.3, -0.25) is 0 Å². The Bertz CT molecular complexity index is 3420. The smallest absolute Gasteiger partial charge is 0.465 e. The van der Waals surface area contributed by atoms with E-state index in [1.54, 1.807) is 37.6 Å². The maximum Gasteiger partial charge on any atom is 0.586 e. The summed E-state index contributed by atoms with van der Waals surface area (Å²) < 4.78 is 174. The number of hydrogen-bond donors (Lipinski definition) is 1. The molecule has 0 unspecified atom stereocenters. The van der Waals surface area contributed by atoms with Crippen LogP contribution < -0.4 is 33.9 Å². The fraction of sp³-hybridized carbons (Fsp3) is 0.250. The first-order valence-electron chi connectivity index (χ1n) is 23.2. The quantitative estimate of drug-likeness (QED) is 0.109. The highest BCUT2D eigenvalue weighted by atomic mass is 79.9. The molecule has 11 rings (SSSR count). The van der Waals surface area contributed by atoms with Crippen LogP contribution in [-0.4, -0.2) is 51.0 Å². The number of halogens is 13. The van der Waals surface area contributed by atoms with E-state index in [-0.39, 0.29) is 58.1 Å². The minimum absolute atomic E-state index is 0.00434. The summed E-state index contributed by atoms with van der Waals surface area (Å²) >= 11 is 13.6. The third-order valence-electron chi connectivity index (χ3n) is 11.7. The highest BCUT2D eigenvalue weighted by Gasteiger charge is 2.53. The van der Waals surface area contributed by atoms with Crippen LogP contribution >= 0.6 is 81.8 Å². The lowest BCUT2D eigenvalue weighted by Crippen LogP contribution is -2.41. The molecule has 0 atom stereocenters. The fourth-order valence-electron chi connectivity index (χ4n) is 6.98. The van der Waals surface area contributed by atoms with E-state index in [1.165, 1.54) is 72.1 Å². The van der Waals surface area contributed by atoms with Crippen LogP contribution in [0.15, 0.2) is 109 Å². The standard InChI is InChI=1S/C18H11F4NO3S.C14H17BF2O4.C10H6BrF2NOS.C7H6F2O.C3HBr2NS/c1-9-5-14-15(26-18(21,22)25-14)6-10(9)16-7-23-17(27-16)24-8-11-12(19)3-2-4-13(11)20;1-8-6-10-11(19-14(16,17)18-10)7-9(8)15-20-12(2,3)13(4,5)21-15;11-9-4-14-10(16-9)15-5-6-7(12)2-1-3-8(6)13;8-6-2-1-3-7(9)5(6)4-10;4-2-1-6-3(5)7-2/h2-7H,8H2,1H3;6-7H,1-5H3;1-4H,5H2;1-3,10H,4H2;1H. The van der Waals surface area contributed by atoms with Gasteiger partial charge in [-0.15, -0.1) is 28.9 Å². The number of hydrogen-bond acceptors (Lipinski definition) is 15. The minimum atomic E-state index is -3.70. The summed E-state index contributed by atoms with van der Waals surface area (Å²) in [6.45, 7) is 10.2. The van der Waals surface area contributed by atoms with Crippen molar-refractivity contribution in [1.82, 2.24) is 15.0 Å². The molecule has 0 saturated carbocycles. The lowest BCUT2D eigenvalue weighted by Gasteiger charge is -2.32. The van der Waals surface area contributed by atoms with Gasteiger partial charge in [0.1, 0.15) is 48.1 Å². The van der Waals surface area contributed by atoms with Crippen molar-refractivity contribution in [2.75, 3.05) is 0 Å². The van der Waals surface area contributed by atoms with Gasteiger partial charge in [0.05, 0.1) is 53.8 Å². The number of rotatable bonds is 9. The number of aromatic nitrogens is 3. The van der Waals surface area contributed by atoms with Crippen molar-refractivity contribution >= 4 is 94.4 Å². The van der Waals surface area contributed by atoms with Crippen LogP contribution in [0.25, 0.3) is 10.4 Å². The third-order valence-corrected chi connectivity index (χ3v) is 16.0. The molecule has 12 nitrogen and oxygen atoms in total. The van der Waals surface area contributed by atoms with Gasteiger partial charge in [0.25, 0.3) is 10.4 Å². The van der Waals surface area contributed by atoms with Crippen LogP contribution in [-0.2, 0) is 29.1 Å². The molecule has 0 spiro atoms. The van der Waals surface area contributed by atoms with E-state index in [4.69, 9.17) is 23.9 Å². The zero-order valence-corrected chi connectivity index (χ0v) is 49.8. The van der Waals surface area contributed by atoms with Crippen molar-refractivity contribution in [2.45, 2.75) is 85.2 Å². The fourth-order valence-corrected chi connectivity index (χ4v) is 11.1. The molecule has 29 heteroatoms. The molecule has 430 valence electrons. The van der Waals surface area contributed by atoms with Crippen molar-refractivity contribution in [1.29, 1.82) is 0 Å². The summed E-state index contributed by atoms with van der Waals surface area (Å²) in [7, 11) is -0.627. The Kier molecular flexibility index (Phi) is 20.5. The summed E-state index contributed by atoms with van der Waals surface area (Å²) in [5.74, 6) is -4.16. The van der Waals surface area contributed by atoms with Crippen molar-refractivity contribution < 1.29 is 86.7 Å². The Morgan fingerprint density at radius 3 is 1.32 bits per heavy atom. The molecule has 8 aromatic rings. The molecule has 0 amide bonds. The summed E-state index contributed by atoms with van der Waals surface area (Å²) in [4.78, 5) is 12.5. The van der Waals surface area contributed by atoms with Gasteiger partial charge < -0.3 is 42.8 Å². The van der Waals surface area contributed by atoms with Gasteiger partial charge >= 0.3 is 19.7 Å². The number of aryl methyl sites for hydroxylation is 2. The number of thiazole rings is 3. The number of fused-ring (bicyclic) bond motifs is 2. The molecular formula is C52H41BBr3F10N3O9S3. The molecule has 5 aromatic carbocycles. The van der Waals surface area contributed by atoms with Crippen LogP contribution in [0, 0.1) is 48.8 Å². The number of aliphatic hydroxyl groups is 1. The lowest BCUT2D eigenvalue weighted by atomic mass is 9.76. The molecule has 3 aliphatic heterocycles. The Morgan fingerprint density at radius 1 is 0.531 bits per heavy atom. The Labute approximate surface area is 493 Å². The number of nitrogens with zero attached hydrogens (tertiary/aromatic N) is 3. The maximum atomic E-state index is 13.6. The Morgan fingerprint density at radius 2 is 0.926 bits per heavy atom. The maximum absolute atomic E-state index is 13.6. The number of ether oxygens (including phenoxy) is 6. The number of benzene rings is 5. The molecule has 0 radical (unpaired) electrons. The van der Waals surface area contributed by atoms with Gasteiger partial charge in [0.2, 0.25) is 0 Å². The van der Waals surface area contributed by atoms with E-state index in [2.05, 4.69) is 81.7 Å². The third kappa shape index (κ3) is 16.4. The second kappa shape index (κ2) is 26.4. The zero-order valence-electron chi connectivity index (χ0n) is 42.6. The van der Waals surface area contributed by atoms with Crippen molar-refractivity contribution in [3.05, 3.63) is 172 Å². The molecule has 1 fully saturated rings. The SMILES string of the molecule is Brc1cnc(Br)s1.Cc1cc2c(cc1-c1cnc(OCc3c(F)cccc3F)s1)OC(F)(F)O2.Cc1cc2c(cc1B1OC(C)(C)C(C)(C)O1)OC(F)(F)O2.Fc1cccc(F)c1COc1ncc(Br)s1.OCc1c(F)cccc1F. The van der Waals surface area contributed by atoms with Gasteiger partial charge in [-0.05, 0) is 167 Å². The van der Waals surface area contributed by atoms with Crippen LogP contribution in [0.2, 0.25) is 0 Å². The predicted molar refractivity (Wildman–Crippen MR) is 293 cm³/mol. The van der Waals surface area contributed by atoms with Gasteiger partial charge in [-0.25, -0.2) is 41.3 Å². The molecule has 1 saturated heterocycles. The minimum Gasteiger partial charge on any atom is -0.465 e. The van der Waals surface area contributed by atoms with Crippen LogP contribution in [0.5, 0.6) is 33.4 Å². The molecule has 0 bridgehead atoms. The first kappa shape index (κ1) is 63.1. The van der Waals surface area contributed by atoms with Crippen LogP contribution in [0.4, 0.5) is 43.9 Å². The second-order valence-electron chi connectivity index (χ2n) is 17.9. The second-order valence-corrected chi connectivity index (χ2v) is 24.9. The van der Waals surface area contributed by atoms with Crippen molar-refractivity contribution in [3.63, 3.8) is 0 Å². The summed E-state index contributed by atoms with van der Waals surface area (Å²) in [5, 5.41) is 8.98. The first-order chi connectivity index (χ1) is 38.0. The van der Waals surface area contributed by atoms with Crippen LogP contribution in [0.1, 0.15) is 55.5 Å². The number of alkyl halides is 4. The topological polar surface area (TPSA) is 133 Å².